The summed E-state index contributed by atoms with van der Waals surface area (Å²) in [6.07, 6.45) is 2.08. The first-order chi connectivity index (χ1) is 14.3. The van der Waals surface area contributed by atoms with Crippen molar-refractivity contribution in [1.82, 2.24) is 10.3 Å². The standard InChI is InChI=1S/C25H20N2O2/c28-24(18-21-11-5-9-19-8-1-2-13-22(19)21)26-15-3-4-17-29-23-14-6-10-20-12-7-16-27-25(20)23/h1-2,5-14,16H,15,17-18H2,(H,26,28). The lowest BCUT2D eigenvalue weighted by atomic mass is 10.0. The predicted molar refractivity (Wildman–Crippen MR) is 116 cm³/mol. The van der Waals surface area contributed by atoms with Crippen LogP contribution in [-0.2, 0) is 11.2 Å². The van der Waals surface area contributed by atoms with Crippen LogP contribution < -0.4 is 10.1 Å². The maximum atomic E-state index is 12.2. The molecule has 4 heteroatoms. The number of aromatic nitrogens is 1. The third-order valence-electron chi connectivity index (χ3n) is 4.63. The SMILES string of the molecule is O=C(Cc1cccc2ccccc12)NCC#CCOc1cccc2cccnc12. The fourth-order valence-corrected chi connectivity index (χ4v) is 3.24. The Morgan fingerprint density at radius 1 is 0.897 bits per heavy atom. The molecule has 0 aliphatic rings. The van der Waals surface area contributed by atoms with E-state index in [2.05, 4.69) is 22.1 Å². The van der Waals surface area contributed by atoms with Crippen molar-refractivity contribution in [2.45, 2.75) is 6.42 Å². The highest BCUT2D eigenvalue weighted by atomic mass is 16.5. The number of para-hydroxylation sites is 1. The average Bonchev–Trinajstić information content (AvgIpc) is 2.76. The van der Waals surface area contributed by atoms with E-state index in [1.54, 1.807) is 6.20 Å². The van der Waals surface area contributed by atoms with E-state index in [-0.39, 0.29) is 12.5 Å². The lowest BCUT2D eigenvalue weighted by molar-refractivity contribution is -0.120. The van der Waals surface area contributed by atoms with E-state index in [9.17, 15) is 4.79 Å². The first-order valence-electron chi connectivity index (χ1n) is 9.47. The quantitative estimate of drug-likeness (QED) is 0.530. The highest BCUT2D eigenvalue weighted by Crippen LogP contribution is 2.22. The molecule has 0 aliphatic heterocycles. The van der Waals surface area contributed by atoms with Crippen molar-refractivity contribution in [3.8, 4) is 17.6 Å². The van der Waals surface area contributed by atoms with Gasteiger partial charge in [0.15, 0.2) is 0 Å². The van der Waals surface area contributed by atoms with Gasteiger partial charge in [0.2, 0.25) is 5.91 Å². The summed E-state index contributed by atoms with van der Waals surface area (Å²) in [4.78, 5) is 16.6. The lowest BCUT2D eigenvalue weighted by Crippen LogP contribution is -2.25. The van der Waals surface area contributed by atoms with Gasteiger partial charge in [-0.3, -0.25) is 9.78 Å². The fraction of sp³-hybridized carbons (Fsp3) is 0.120. The second-order valence-corrected chi connectivity index (χ2v) is 6.57. The maximum Gasteiger partial charge on any atom is 0.225 e. The summed E-state index contributed by atoms with van der Waals surface area (Å²) in [6.45, 7) is 0.537. The third kappa shape index (κ3) is 4.53. The van der Waals surface area contributed by atoms with Gasteiger partial charge < -0.3 is 10.1 Å². The molecule has 0 atom stereocenters. The van der Waals surface area contributed by atoms with E-state index >= 15 is 0 Å². The van der Waals surface area contributed by atoms with Crippen molar-refractivity contribution in [1.29, 1.82) is 0 Å². The van der Waals surface area contributed by atoms with Gasteiger partial charge in [-0.15, -0.1) is 0 Å². The first-order valence-corrected chi connectivity index (χ1v) is 9.47. The second-order valence-electron chi connectivity index (χ2n) is 6.57. The van der Waals surface area contributed by atoms with Crippen LogP contribution in [0.15, 0.2) is 79.0 Å². The van der Waals surface area contributed by atoms with Crippen molar-refractivity contribution in [3.05, 3.63) is 84.6 Å². The monoisotopic (exact) mass is 380 g/mol. The molecule has 0 spiro atoms. The average molecular weight is 380 g/mol. The Hall–Kier alpha value is -3.84. The fourth-order valence-electron chi connectivity index (χ4n) is 3.24. The minimum absolute atomic E-state index is 0.0465. The van der Waals surface area contributed by atoms with Crippen LogP contribution in [0.5, 0.6) is 5.75 Å². The molecule has 0 fully saturated rings. The number of hydrogen-bond donors (Lipinski definition) is 1. The van der Waals surface area contributed by atoms with E-state index in [0.717, 1.165) is 27.2 Å². The molecule has 0 saturated carbocycles. The van der Waals surface area contributed by atoms with Crippen LogP contribution in [0.2, 0.25) is 0 Å². The minimum Gasteiger partial charge on any atom is -0.479 e. The number of fused-ring (bicyclic) bond motifs is 2. The van der Waals surface area contributed by atoms with Crippen molar-refractivity contribution in [3.63, 3.8) is 0 Å². The van der Waals surface area contributed by atoms with Crippen molar-refractivity contribution in [2.75, 3.05) is 13.2 Å². The molecule has 1 amide bonds. The normalized spacial score (nSPS) is 10.3. The molecule has 0 bridgehead atoms. The van der Waals surface area contributed by atoms with Gasteiger partial charge in [0.05, 0.1) is 13.0 Å². The van der Waals surface area contributed by atoms with Gasteiger partial charge in [-0.2, -0.15) is 0 Å². The summed E-state index contributed by atoms with van der Waals surface area (Å²) in [6, 6.07) is 23.8. The summed E-state index contributed by atoms with van der Waals surface area (Å²) in [5.41, 5.74) is 1.83. The molecule has 4 nitrogen and oxygen atoms in total. The zero-order chi connectivity index (χ0) is 19.9. The minimum atomic E-state index is -0.0465. The molecule has 3 aromatic carbocycles. The molecule has 0 saturated heterocycles. The highest BCUT2D eigenvalue weighted by molar-refractivity contribution is 5.90. The number of nitrogens with one attached hydrogen (secondary N) is 1. The Bertz CT molecular complexity index is 1210. The molecule has 29 heavy (non-hydrogen) atoms. The van der Waals surface area contributed by atoms with Gasteiger partial charge in [-0.05, 0) is 28.5 Å². The van der Waals surface area contributed by atoms with E-state index in [1.165, 1.54) is 0 Å². The van der Waals surface area contributed by atoms with E-state index < -0.39 is 0 Å². The molecule has 0 aliphatic carbocycles. The number of benzene rings is 3. The van der Waals surface area contributed by atoms with Crippen LogP contribution in [0, 0.1) is 11.8 Å². The molecule has 1 N–H and O–H groups in total. The molecular formula is C25H20N2O2. The second kappa shape index (κ2) is 8.90. The number of hydrogen-bond acceptors (Lipinski definition) is 3. The Kier molecular flexibility index (Phi) is 5.68. The van der Waals surface area contributed by atoms with Crippen LogP contribution in [0.25, 0.3) is 21.7 Å². The third-order valence-corrected chi connectivity index (χ3v) is 4.63. The van der Waals surface area contributed by atoms with Crippen molar-refractivity contribution < 1.29 is 9.53 Å². The van der Waals surface area contributed by atoms with Gasteiger partial charge in [-0.1, -0.05) is 72.5 Å². The number of carbonyl (C=O) groups excluding carboxylic acids is 1. The van der Waals surface area contributed by atoms with Crippen LogP contribution in [0.1, 0.15) is 5.56 Å². The molecule has 1 aromatic heterocycles. The van der Waals surface area contributed by atoms with Gasteiger partial charge in [0.1, 0.15) is 17.9 Å². The van der Waals surface area contributed by atoms with Crippen LogP contribution in [0.3, 0.4) is 0 Å². The van der Waals surface area contributed by atoms with Crippen molar-refractivity contribution in [2.24, 2.45) is 0 Å². The number of rotatable bonds is 5. The number of pyridine rings is 1. The van der Waals surface area contributed by atoms with Gasteiger partial charge in [0, 0.05) is 11.6 Å². The van der Waals surface area contributed by atoms with Crippen molar-refractivity contribution >= 4 is 27.6 Å². The summed E-state index contributed by atoms with van der Waals surface area (Å²) < 4.78 is 5.72. The molecule has 4 rings (SSSR count). The van der Waals surface area contributed by atoms with Gasteiger partial charge in [-0.25, -0.2) is 0 Å². The molecule has 142 valence electrons. The summed E-state index contributed by atoms with van der Waals surface area (Å²) in [7, 11) is 0. The molecular weight excluding hydrogens is 360 g/mol. The Balaban J connectivity index is 1.28. The van der Waals surface area contributed by atoms with E-state index in [4.69, 9.17) is 4.74 Å². The predicted octanol–water partition coefficient (Wildman–Crippen LogP) is 4.13. The largest absolute Gasteiger partial charge is 0.479 e. The molecule has 1 heterocycles. The maximum absolute atomic E-state index is 12.2. The summed E-state index contributed by atoms with van der Waals surface area (Å²) in [5.74, 6) is 6.52. The topological polar surface area (TPSA) is 51.2 Å². The first kappa shape index (κ1) is 18.5. The summed E-state index contributed by atoms with van der Waals surface area (Å²) >= 11 is 0. The van der Waals surface area contributed by atoms with Crippen LogP contribution in [0.4, 0.5) is 0 Å². The zero-order valence-electron chi connectivity index (χ0n) is 15.9. The van der Waals surface area contributed by atoms with Crippen LogP contribution in [-0.4, -0.2) is 24.0 Å². The van der Waals surface area contributed by atoms with Gasteiger partial charge >= 0.3 is 0 Å². The van der Waals surface area contributed by atoms with Crippen LogP contribution >= 0.6 is 0 Å². The number of ether oxygens (including phenoxy) is 1. The molecule has 0 radical (unpaired) electrons. The Labute approximate surface area is 169 Å². The smallest absolute Gasteiger partial charge is 0.225 e. The molecule has 4 aromatic rings. The number of amides is 1. The number of carbonyl (C=O) groups is 1. The van der Waals surface area contributed by atoms with E-state index in [0.29, 0.717) is 18.7 Å². The Morgan fingerprint density at radius 3 is 2.66 bits per heavy atom. The molecule has 0 unspecified atom stereocenters. The number of nitrogens with zero attached hydrogens (tertiary/aromatic N) is 1. The zero-order valence-corrected chi connectivity index (χ0v) is 15.9. The summed E-state index contributed by atoms with van der Waals surface area (Å²) in [5, 5.41) is 6.11. The highest BCUT2D eigenvalue weighted by Gasteiger charge is 2.06. The lowest BCUT2D eigenvalue weighted by Gasteiger charge is -2.06. The van der Waals surface area contributed by atoms with E-state index in [1.807, 2.05) is 72.8 Å². The Morgan fingerprint density at radius 2 is 1.69 bits per heavy atom. The van der Waals surface area contributed by atoms with Gasteiger partial charge in [0.25, 0.3) is 0 Å².